The van der Waals surface area contributed by atoms with Crippen LogP contribution >= 0.6 is 27.3 Å². The van der Waals surface area contributed by atoms with E-state index < -0.39 is 0 Å². The zero-order chi connectivity index (χ0) is 13.2. The second-order valence-electron chi connectivity index (χ2n) is 4.46. The summed E-state index contributed by atoms with van der Waals surface area (Å²) in [5.41, 5.74) is 2.62. The lowest BCUT2D eigenvalue weighted by molar-refractivity contribution is 0.697. The lowest BCUT2D eigenvalue weighted by Gasteiger charge is -2.18. The summed E-state index contributed by atoms with van der Waals surface area (Å²) >= 11 is 5.35. The van der Waals surface area contributed by atoms with E-state index in [1.807, 2.05) is 7.05 Å². The molecule has 0 amide bonds. The molecule has 3 rings (SSSR count). The van der Waals surface area contributed by atoms with Crippen LogP contribution in [0.5, 0.6) is 0 Å². The minimum atomic E-state index is 0.222. The van der Waals surface area contributed by atoms with E-state index in [4.69, 9.17) is 0 Å². The van der Waals surface area contributed by atoms with Crippen molar-refractivity contribution in [2.45, 2.75) is 6.04 Å². The second kappa shape index (κ2) is 5.45. The molecule has 2 aromatic carbocycles. The quantitative estimate of drug-likeness (QED) is 0.714. The number of nitrogens with one attached hydrogen (secondary N) is 1. The summed E-state index contributed by atoms with van der Waals surface area (Å²) in [4.78, 5) is 0. The highest BCUT2D eigenvalue weighted by atomic mass is 79.9. The van der Waals surface area contributed by atoms with E-state index in [9.17, 15) is 0 Å². The molecule has 1 unspecified atom stereocenters. The van der Waals surface area contributed by atoms with Crippen LogP contribution in [0.4, 0.5) is 0 Å². The van der Waals surface area contributed by atoms with Gasteiger partial charge < -0.3 is 5.32 Å². The highest BCUT2D eigenvalue weighted by molar-refractivity contribution is 9.10. The summed E-state index contributed by atoms with van der Waals surface area (Å²) < 4.78 is 2.48. The zero-order valence-corrected chi connectivity index (χ0v) is 13.0. The van der Waals surface area contributed by atoms with Crippen LogP contribution in [0.2, 0.25) is 0 Å². The van der Waals surface area contributed by atoms with E-state index >= 15 is 0 Å². The maximum atomic E-state index is 3.55. The molecule has 0 aliphatic rings. The molecule has 19 heavy (non-hydrogen) atoms. The van der Waals surface area contributed by atoms with E-state index in [1.54, 1.807) is 11.3 Å². The molecule has 1 atom stereocenters. The first-order valence-electron chi connectivity index (χ1n) is 6.18. The fourth-order valence-electron chi connectivity index (χ4n) is 2.43. The van der Waals surface area contributed by atoms with Crippen molar-refractivity contribution in [3.05, 3.63) is 69.5 Å². The largest absolute Gasteiger partial charge is 0.309 e. The summed E-state index contributed by atoms with van der Waals surface area (Å²) in [6.07, 6.45) is 0. The molecule has 1 heterocycles. The van der Waals surface area contributed by atoms with Gasteiger partial charge in [0.1, 0.15) is 0 Å². The average Bonchev–Trinajstić information content (AvgIpc) is 2.89. The Morgan fingerprint density at radius 2 is 1.95 bits per heavy atom. The Labute approximate surface area is 125 Å². The standard InChI is InChI=1S/C16H14BrNS/c1-18-15(12-5-2-6-13(17)10-12)14-7-3-4-11-8-9-19-16(11)14/h2-10,15,18H,1H3. The number of halogens is 1. The van der Waals surface area contributed by atoms with Crippen molar-refractivity contribution >= 4 is 37.4 Å². The molecule has 0 aliphatic heterocycles. The first-order valence-corrected chi connectivity index (χ1v) is 7.85. The number of fused-ring (bicyclic) bond motifs is 1. The molecule has 0 saturated heterocycles. The summed E-state index contributed by atoms with van der Waals surface area (Å²) in [5.74, 6) is 0. The molecule has 0 radical (unpaired) electrons. The topological polar surface area (TPSA) is 12.0 Å². The highest BCUT2D eigenvalue weighted by Gasteiger charge is 2.15. The normalized spacial score (nSPS) is 12.7. The van der Waals surface area contributed by atoms with Gasteiger partial charge in [-0.1, -0.05) is 46.3 Å². The van der Waals surface area contributed by atoms with Crippen molar-refractivity contribution in [2.75, 3.05) is 7.05 Å². The summed E-state index contributed by atoms with van der Waals surface area (Å²) in [5, 5.41) is 6.90. The van der Waals surface area contributed by atoms with Crippen LogP contribution in [0.1, 0.15) is 17.2 Å². The van der Waals surface area contributed by atoms with Crippen LogP contribution in [-0.4, -0.2) is 7.05 Å². The van der Waals surface area contributed by atoms with Gasteiger partial charge >= 0.3 is 0 Å². The van der Waals surface area contributed by atoms with Crippen molar-refractivity contribution in [1.29, 1.82) is 0 Å². The Hall–Kier alpha value is -1.16. The monoisotopic (exact) mass is 331 g/mol. The summed E-state index contributed by atoms with van der Waals surface area (Å²) in [7, 11) is 2.01. The third-order valence-electron chi connectivity index (χ3n) is 3.29. The first kappa shape index (κ1) is 12.9. The van der Waals surface area contributed by atoms with E-state index in [0.29, 0.717) is 0 Å². The Morgan fingerprint density at radius 1 is 1.11 bits per heavy atom. The number of hydrogen-bond acceptors (Lipinski definition) is 2. The smallest absolute Gasteiger partial charge is 0.0588 e. The lowest BCUT2D eigenvalue weighted by atomic mass is 9.98. The maximum Gasteiger partial charge on any atom is 0.0588 e. The minimum absolute atomic E-state index is 0.222. The van der Waals surface area contributed by atoms with Crippen molar-refractivity contribution in [2.24, 2.45) is 0 Å². The van der Waals surface area contributed by atoms with Gasteiger partial charge in [0.2, 0.25) is 0 Å². The molecule has 0 saturated carbocycles. The zero-order valence-electron chi connectivity index (χ0n) is 10.6. The highest BCUT2D eigenvalue weighted by Crippen LogP contribution is 2.32. The minimum Gasteiger partial charge on any atom is -0.309 e. The molecular weight excluding hydrogens is 318 g/mol. The van der Waals surface area contributed by atoms with Gasteiger partial charge in [0.25, 0.3) is 0 Å². The third-order valence-corrected chi connectivity index (χ3v) is 4.76. The van der Waals surface area contributed by atoms with Gasteiger partial charge in [0.15, 0.2) is 0 Å². The fourth-order valence-corrected chi connectivity index (χ4v) is 3.79. The number of thiophene rings is 1. The van der Waals surface area contributed by atoms with E-state index in [2.05, 4.69) is 75.2 Å². The van der Waals surface area contributed by atoms with Gasteiger partial charge in [-0.15, -0.1) is 11.3 Å². The summed E-state index contributed by atoms with van der Waals surface area (Å²) in [6.45, 7) is 0. The molecule has 1 N–H and O–H groups in total. The Morgan fingerprint density at radius 3 is 2.74 bits per heavy atom. The molecule has 0 spiro atoms. The number of benzene rings is 2. The second-order valence-corrected chi connectivity index (χ2v) is 6.29. The van der Waals surface area contributed by atoms with Gasteiger partial charge in [-0.3, -0.25) is 0 Å². The van der Waals surface area contributed by atoms with Crippen LogP contribution in [0.25, 0.3) is 10.1 Å². The molecule has 96 valence electrons. The van der Waals surface area contributed by atoms with Crippen molar-refractivity contribution in [3.63, 3.8) is 0 Å². The van der Waals surface area contributed by atoms with Crippen LogP contribution in [0.3, 0.4) is 0 Å². The SMILES string of the molecule is CNC(c1cccc(Br)c1)c1cccc2ccsc12. The Kier molecular flexibility index (Phi) is 3.69. The Balaban J connectivity index is 2.14. The molecule has 3 heteroatoms. The summed E-state index contributed by atoms with van der Waals surface area (Å²) in [6, 6.07) is 17.4. The van der Waals surface area contributed by atoms with Gasteiger partial charge in [-0.25, -0.2) is 0 Å². The molecule has 0 aliphatic carbocycles. The molecule has 1 aromatic heterocycles. The lowest BCUT2D eigenvalue weighted by Crippen LogP contribution is -2.17. The van der Waals surface area contributed by atoms with E-state index in [-0.39, 0.29) is 6.04 Å². The molecule has 0 fully saturated rings. The molecular formula is C16H14BrNS. The number of hydrogen-bond donors (Lipinski definition) is 1. The van der Waals surface area contributed by atoms with E-state index in [1.165, 1.54) is 21.2 Å². The molecule has 3 aromatic rings. The molecule has 0 bridgehead atoms. The van der Waals surface area contributed by atoms with Gasteiger partial charge in [0, 0.05) is 9.17 Å². The van der Waals surface area contributed by atoms with Gasteiger partial charge in [-0.2, -0.15) is 0 Å². The first-order chi connectivity index (χ1) is 9.29. The molecule has 1 nitrogen and oxygen atoms in total. The maximum absolute atomic E-state index is 3.55. The van der Waals surface area contributed by atoms with Crippen LogP contribution in [0.15, 0.2) is 58.4 Å². The van der Waals surface area contributed by atoms with Gasteiger partial charge in [0.05, 0.1) is 6.04 Å². The van der Waals surface area contributed by atoms with Crippen molar-refractivity contribution < 1.29 is 0 Å². The number of rotatable bonds is 3. The Bertz CT molecular complexity index is 705. The van der Waals surface area contributed by atoms with Crippen LogP contribution in [0, 0.1) is 0 Å². The van der Waals surface area contributed by atoms with Crippen molar-refractivity contribution in [3.8, 4) is 0 Å². The fraction of sp³-hybridized carbons (Fsp3) is 0.125. The van der Waals surface area contributed by atoms with E-state index in [0.717, 1.165) is 4.47 Å². The predicted octanol–water partition coefficient (Wildman–Crippen LogP) is 4.97. The van der Waals surface area contributed by atoms with Crippen molar-refractivity contribution in [1.82, 2.24) is 5.32 Å². The van der Waals surface area contributed by atoms with Gasteiger partial charge in [-0.05, 0) is 47.1 Å². The third kappa shape index (κ3) is 2.46. The van der Waals surface area contributed by atoms with Crippen LogP contribution < -0.4 is 5.32 Å². The predicted molar refractivity (Wildman–Crippen MR) is 86.9 cm³/mol. The average molecular weight is 332 g/mol. The van der Waals surface area contributed by atoms with Crippen LogP contribution in [-0.2, 0) is 0 Å².